The van der Waals surface area contributed by atoms with Crippen molar-refractivity contribution in [3.8, 4) is 5.75 Å². The van der Waals surface area contributed by atoms with Crippen LogP contribution in [-0.2, 0) is 10.0 Å². The summed E-state index contributed by atoms with van der Waals surface area (Å²) in [6.07, 6.45) is 0. The number of carbonyl (C=O) groups excluding carboxylic acids is 1. The van der Waals surface area contributed by atoms with Crippen LogP contribution in [0.2, 0.25) is 5.02 Å². The molecule has 1 heterocycles. The summed E-state index contributed by atoms with van der Waals surface area (Å²) in [7, 11) is -0.747. The molecule has 0 spiro atoms. The maximum Gasteiger partial charge on any atom is 0.261 e. The topological polar surface area (TPSA) is 97.4 Å². The van der Waals surface area contributed by atoms with Crippen LogP contribution in [0.15, 0.2) is 41.3 Å². The first-order valence-corrected chi connectivity index (χ1v) is 10.0. The molecule has 0 aliphatic heterocycles. The first kappa shape index (κ1) is 18.6. The second-order valence-corrected chi connectivity index (χ2v) is 8.51. The fourth-order valence-electron chi connectivity index (χ4n) is 2.27. The predicted octanol–water partition coefficient (Wildman–Crippen LogP) is 3.12. The highest BCUT2D eigenvalue weighted by Gasteiger charge is 2.17. The summed E-state index contributed by atoms with van der Waals surface area (Å²) in [5.41, 5.74) is 0.858. The predicted molar refractivity (Wildman–Crippen MR) is 102 cm³/mol. The summed E-state index contributed by atoms with van der Waals surface area (Å²) in [6.45, 7) is 0. The van der Waals surface area contributed by atoms with Crippen molar-refractivity contribution in [2.45, 2.75) is 4.90 Å². The number of nitrogens with one attached hydrogen (secondary N) is 2. The normalized spacial score (nSPS) is 11.5. The zero-order chi connectivity index (χ0) is 18.9. The van der Waals surface area contributed by atoms with Crippen LogP contribution < -0.4 is 14.8 Å². The Labute approximate surface area is 159 Å². The molecule has 0 saturated carbocycles. The van der Waals surface area contributed by atoms with Gasteiger partial charge in [-0.1, -0.05) is 22.9 Å². The highest BCUT2D eigenvalue weighted by molar-refractivity contribution is 7.89. The lowest BCUT2D eigenvalue weighted by Crippen LogP contribution is -2.18. The van der Waals surface area contributed by atoms with Gasteiger partial charge in [-0.05, 0) is 43.4 Å². The van der Waals surface area contributed by atoms with Crippen LogP contribution in [0.1, 0.15) is 10.4 Å². The quantitative estimate of drug-likeness (QED) is 0.672. The fraction of sp³-hybridized carbons (Fsp3) is 0.125. The van der Waals surface area contributed by atoms with Crippen LogP contribution in [0.5, 0.6) is 5.75 Å². The van der Waals surface area contributed by atoms with Gasteiger partial charge in [0.2, 0.25) is 10.0 Å². The maximum atomic E-state index is 12.5. The number of sulfonamides is 1. The van der Waals surface area contributed by atoms with Crippen molar-refractivity contribution >= 4 is 54.2 Å². The standard InChI is InChI=1S/C16H14ClN3O4S2/c1-18-26(22,23)10-4-5-12-14(8-10)25-16(19-12)20-15(21)11-7-9(17)3-6-13(11)24-2/h3-8,18H,1-2H3,(H,19,20,21). The number of hydrogen-bond donors (Lipinski definition) is 2. The number of anilines is 1. The molecular weight excluding hydrogens is 398 g/mol. The van der Waals surface area contributed by atoms with E-state index in [1.807, 2.05) is 0 Å². The molecule has 0 aliphatic rings. The summed E-state index contributed by atoms with van der Waals surface area (Å²) in [5.74, 6) is -0.0399. The summed E-state index contributed by atoms with van der Waals surface area (Å²) in [5, 5.41) is 3.43. The van der Waals surface area contributed by atoms with Gasteiger partial charge in [0.15, 0.2) is 5.13 Å². The highest BCUT2D eigenvalue weighted by Crippen LogP contribution is 2.29. The smallest absolute Gasteiger partial charge is 0.261 e. The van der Waals surface area contributed by atoms with E-state index < -0.39 is 15.9 Å². The van der Waals surface area contributed by atoms with E-state index in [0.29, 0.717) is 26.1 Å². The molecular formula is C16H14ClN3O4S2. The number of aromatic nitrogens is 1. The van der Waals surface area contributed by atoms with Crippen LogP contribution in [0.3, 0.4) is 0 Å². The van der Waals surface area contributed by atoms with Gasteiger partial charge in [-0.2, -0.15) is 0 Å². The molecule has 2 N–H and O–H groups in total. The number of amides is 1. The third-order valence-corrected chi connectivity index (χ3v) is 6.15. The number of rotatable bonds is 5. The Hall–Kier alpha value is -2.20. The van der Waals surface area contributed by atoms with Crippen molar-refractivity contribution in [3.63, 3.8) is 0 Å². The number of methoxy groups -OCH3 is 1. The van der Waals surface area contributed by atoms with E-state index in [1.165, 1.54) is 43.7 Å². The Morgan fingerprint density at radius 3 is 2.69 bits per heavy atom. The SMILES string of the molecule is CNS(=O)(=O)c1ccc2nc(NC(=O)c3cc(Cl)ccc3OC)sc2c1. The lowest BCUT2D eigenvalue weighted by Gasteiger charge is -2.08. The Balaban J connectivity index is 1.92. The van der Waals surface area contributed by atoms with Crippen LogP contribution in [0, 0.1) is 0 Å². The van der Waals surface area contributed by atoms with Crippen molar-refractivity contribution < 1.29 is 17.9 Å². The molecule has 2 aromatic carbocycles. The molecule has 1 amide bonds. The molecule has 3 aromatic rings. The van der Waals surface area contributed by atoms with E-state index in [0.717, 1.165) is 0 Å². The Kier molecular flexibility index (Phi) is 5.15. The summed E-state index contributed by atoms with van der Waals surface area (Å²) in [4.78, 5) is 16.9. The number of hydrogen-bond acceptors (Lipinski definition) is 6. The monoisotopic (exact) mass is 411 g/mol. The van der Waals surface area contributed by atoms with Crippen molar-refractivity contribution in [1.29, 1.82) is 0 Å². The zero-order valence-corrected chi connectivity index (χ0v) is 16.1. The van der Waals surface area contributed by atoms with Crippen LogP contribution in [0.4, 0.5) is 5.13 Å². The lowest BCUT2D eigenvalue weighted by atomic mass is 10.2. The van der Waals surface area contributed by atoms with Gasteiger partial charge in [0.1, 0.15) is 5.75 Å². The van der Waals surface area contributed by atoms with Crippen molar-refractivity contribution in [3.05, 3.63) is 47.0 Å². The van der Waals surface area contributed by atoms with Gasteiger partial charge in [0, 0.05) is 5.02 Å². The van der Waals surface area contributed by atoms with Crippen LogP contribution >= 0.6 is 22.9 Å². The van der Waals surface area contributed by atoms with Gasteiger partial charge in [-0.15, -0.1) is 0 Å². The Morgan fingerprint density at radius 2 is 2.00 bits per heavy atom. The van der Waals surface area contributed by atoms with E-state index in [9.17, 15) is 13.2 Å². The largest absolute Gasteiger partial charge is 0.496 e. The molecule has 26 heavy (non-hydrogen) atoms. The average Bonchev–Trinajstić information content (AvgIpc) is 3.02. The van der Waals surface area contributed by atoms with E-state index in [4.69, 9.17) is 16.3 Å². The zero-order valence-electron chi connectivity index (χ0n) is 13.7. The van der Waals surface area contributed by atoms with Crippen molar-refractivity contribution in [1.82, 2.24) is 9.71 Å². The molecule has 0 unspecified atom stereocenters. The summed E-state index contributed by atoms with van der Waals surface area (Å²) in [6, 6.07) is 9.28. The number of thiazole rings is 1. The third kappa shape index (κ3) is 3.65. The minimum absolute atomic E-state index is 0.130. The highest BCUT2D eigenvalue weighted by atomic mass is 35.5. The van der Waals surface area contributed by atoms with Gasteiger partial charge in [-0.25, -0.2) is 18.1 Å². The molecule has 3 rings (SSSR count). The first-order valence-electron chi connectivity index (χ1n) is 7.33. The van der Waals surface area contributed by atoms with Gasteiger partial charge in [-0.3, -0.25) is 10.1 Å². The van der Waals surface area contributed by atoms with Gasteiger partial charge in [0.25, 0.3) is 5.91 Å². The summed E-state index contributed by atoms with van der Waals surface area (Å²) >= 11 is 7.12. The number of nitrogens with zero attached hydrogens (tertiary/aromatic N) is 1. The van der Waals surface area contributed by atoms with E-state index in [2.05, 4.69) is 15.0 Å². The van der Waals surface area contributed by atoms with E-state index in [1.54, 1.807) is 18.2 Å². The second-order valence-electron chi connectivity index (χ2n) is 5.15. The number of carbonyl (C=O) groups is 1. The average molecular weight is 412 g/mol. The molecule has 136 valence electrons. The third-order valence-electron chi connectivity index (χ3n) is 3.57. The van der Waals surface area contributed by atoms with Gasteiger partial charge >= 0.3 is 0 Å². The molecule has 0 fully saturated rings. The van der Waals surface area contributed by atoms with Crippen molar-refractivity contribution in [2.24, 2.45) is 0 Å². The second kappa shape index (κ2) is 7.20. The van der Waals surface area contributed by atoms with Crippen molar-refractivity contribution in [2.75, 3.05) is 19.5 Å². The molecule has 0 atom stereocenters. The molecule has 10 heteroatoms. The molecule has 1 aromatic heterocycles. The number of ether oxygens (including phenoxy) is 1. The van der Waals surface area contributed by atoms with Gasteiger partial charge < -0.3 is 4.74 Å². The number of fused-ring (bicyclic) bond motifs is 1. The minimum atomic E-state index is -3.55. The molecule has 0 aliphatic carbocycles. The Bertz CT molecular complexity index is 1100. The lowest BCUT2D eigenvalue weighted by molar-refractivity contribution is 0.102. The summed E-state index contributed by atoms with van der Waals surface area (Å²) < 4.78 is 31.9. The molecule has 0 bridgehead atoms. The molecule has 0 saturated heterocycles. The van der Waals surface area contributed by atoms with Crippen LogP contribution in [0.25, 0.3) is 10.2 Å². The number of halogens is 1. The van der Waals surface area contributed by atoms with E-state index >= 15 is 0 Å². The first-order chi connectivity index (χ1) is 12.3. The molecule has 0 radical (unpaired) electrons. The Morgan fingerprint density at radius 1 is 1.23 bits per heavy atom. The maximum absolute atomic E-state index is 12.5. The van der Waals surface area contributed by atoms with Gasteiger partial charge in [0.05, 0.1) is 27.8 Å². The fourth-order valence-corrected chi connectivity index (χ4v) is 4.17. The van der Waals surface area contributed by atoms with E-state index in [-0.39, 0.29) is 10.5 Å². The number of benzene rings is 2. The van der Waals surface area contributed by atoms with Crippen LogP contribution in [-0.4, -0.2) is 33.5 Å². The molecule has 7 nitrogen and oxygen atoms in total. The minimum Gasteiger partial charge on any atom is -0.496 e.